The topological polar surface area (TPSA) is 58.4 Å². The number of aliphatic hydroxyl groups is 1. The van der Waals surface area contributed by atoms with E-state index in [4.69, 9.17) is 0 Å². The Kier molecular flexibility index (Phi) is 3.56. The van der Waals surface area contributed by atoms with E-state index in [1.165, 1.54) is 18.5 Å². The second kappa shape index (κ2) is 5.13. The molecular formula is C16H25N3O2. The van der Waals surface area contributed by atoms with Crippen LogP contribution in [0.1, 0.15) is 68.6 Å². The molecule has 0 bridgehead atoms. The summed E-state index contributed by atoms with van der Waals surface area (Å²) in [6.45, 7) is 7.50. The van der Waals surface area contributed by atoms with Gasteiger partial charge in [-0.05, 0) is 52.5 Å². The highest BCUT2D eigenvalue weighted by molar-refractivity contribution is 5.92. The Morgan fingerprint density at radius 2 is 2.05 bits per heavy atom. The molecule has 116 valence electrons. The van der Waals surface area contributed by atoms with Gasteiger partial charge in [0.15, 0.2) is 5.69 Å². The van der Waals surface area contributed by atoms with E-state index in [1.54, 1.807) is 4.90 Å². The Bertz CT molecular complexity index is 540. The third-order valence-corrected chi connectivity index (χ3v) is 4.27. The molecule has 0 aromatic carbocycles. The van der Waals surface area contributed by atoms with Gasteiger partial charge < -0.3 is 10.0 Å². The van der Waals surface area contributed by atoms with Gasteiger partial charge in [0.25, 0.3) is 5.91 Å². The number of carbonyl (C=O) groups is 1. The van der Waals surface area contributed by atoms with E-state index in [0.29, 0.717) is 18.2 Å². The van der Waals surface area contributed by atoms with Gasteiger partial charge in [-0.3, -0.25) is 9.48 Å². The van der Waals surface area contributed by atoms with Crippen LogP contribution in [0, 0.1) is 0 Å². The van der Waals surface area contributed by atoms with Gasteiger partial charge in [0, 0.05) is 24.7 Å². The second-order valence-electron chi connectivity index (χ2n) is 7.36. The van der Waals surface area contributed by atoms with Crippen LogP contribution in [0.3, 0.4) is 0 Å². The molecule has 1 saturated carbocycles. The molecule has 1 aromatic rings. The van der Waals surface area contributed by atoms with Crippen molar-refractivity contribution >= 4 is 5.91 Å². The fourth-order valence-corrected chi connectivity index (χ4v) is 3.01. The van der Waals surface area contributed by atoms with Gasteiger partial charge in [-0.15, -0.1) is 0 Å². The quantitative estimate of drug-likeness (QED) is 0.908. The Labute approximate surface area is 125 Å². The van der Waals surface area contributed by atoms with Crippen LogP contribution in [-0.4, -0.2) is 44.9 Å². The van der Waals surface area contributed by atoms with Crippen molar-refractivity contribution in [2.45, 2.75) is 64.0 Å². The molecule has 21 heavy (non-hydrogen) atoms. The monoisotopic (exact) mass is 291 g/mol. The first-order valence-corrected chi connectivity index (χ1v) is 7.94. The maximum absolute atomic E-state index is 12.6. The number of nitrogens with zero attached hydrogens (tertiary/aromatic N) is 3. The first-order chi connectivity index (χ1) is 9.86. The highest BCUT2D eigenvalue weighted by atomic mass is 16.3. The standard InChI is InChI=1S/C16H25N3O2/c1-16(2,3)19-14(11-6-7-11)9-13(17-19)15(21)18-8-4-5-12(20)10-18/h9,11-12,20H,4-8,10H2,1-3H3. The number of β-amino-alcohol motifs (C(OH)–C–C–N with tert-alkyl or cyclic N) is 1. The largest absolute Gasteiger partial charge is 0.391 e. The van der Waals surface area contributed by atoms with Gasteiger partial charge in [0.1, 0.15) is 0 Å². The van der Waals surface area contributed by atoms with E-state index >= 15 is 0 Å². The van der Waals surface area contributed by atoms with Gasteiger partial charge in [-0.1, -0.05) is 0 Å². The summed E-state index contributed by atoms with van der Waals surface area (Å²) in [4.78, 5) is 14.4. The van der Waals surface area contributed by atoms with Gasteiger partial charge in [-0.2, -0.15) is 5.10 Å². The molecule has 1 unspecified atom stereocenters. The average molecular weight is 291 g/mol. The normalized spacial score (nSPS) is 23.4. The van der Waals surface area contributed by atoms with Crippen LogP contribution in [-0.2, 0) is 5.54 Å². The summed E-state index contributed by atoms with van der Waals surface area (Å²) in [6, 6.07) is 1.96. The van der Waals surface area contributed by atoms with Crippen molar-refractivity contribution in [1.29, 1.82) is 0 Å². The molecule has 2 fully saturated rings. The van der Waals surface area contributed by atoms with Crippen LogP contribution in [0.25, 0.3) is 0 Å². The SMILES string of the molecule is CC(C)(C)n1nc(C(=O)N2CCCC(O)C2)cc1C1CC1. The third-order valence-electron chi connectivity index (χ3n) is 4.27. The maximum Gasteiger partial charge on any atom is 0.274 e. The summed E-state index contributed by atoms with van der Waals surface area (Å²) in [5, 5.41) is 14.3. The smallest absolute Gasteiger partial charge is 0.274 e. The van der Waals surface area contributed by atoms with Crippen molar-refractivity contribution in [3.8, 4) is 0 Å². The number of aromatic nitrogens is 2. The van der Waals surface area contributed by atoms with Crippen molar-refractivity contribution in [2.24, 2.45) is 0 Å². The molecule has 1 aliphatic heterocycles. The minimum absolute atomic E-state index is 0.0429. The number of likely N-dealkylation sites (tertiary alicyclic amines) is 1. The maximum atomic E-state index is 12.6. The van der Waals surface area contributed by atoms with Crippen LogP contribution < -0.4 is 0 Å². The highest BCUT2D eigenvalue weighted by Crippen LogP contribution is 2.41. The van der Waals surface area contributed by atoms with Crippen molar-refractivity contribution in [3.63, 3.8) is 0 Å². The first-order valence-electron chi connectivity index (χ1n) is 7.94. The summed E-state index contributed by atoms with van der Waals surface area (Å²) in [5.41, 5.74) is 1.60. The van der Waals surface area contributed by atoms with Crippen LogP contribution >= 0.6 is 0 Å². The van der Waals surface area contributed by atoms with Crippen molar-refractivity contribution in [1.82, 2.24) is 14.7 Å². The molecule has 3 rings (SSSR count). The summed E-state index contributed by atoms with van der Waals surface area (Å²) in [5.74, 6) is 0.517. The fourth-order valence-electron chi connectivity index (χ4n) is 3.01. The van der Waals surface area contributed by atoms with E-state index in [0.717, 1.165) is 19.4 Å². The van der Waals surface area contributed by atoms with E-state index in [1.807, 2.05) is 10.7 Å². The summed E-state index contributed by atoms with van der Waals surface area (Å²) in [6.07, 6.45) is 3.64. The van der Waals surface area contributed by atoms with E-state index in [2.05, 4.69) is 25.9 Å². The lowest BCUT2D eigenvalue weighted by Gasteiger charge is -2.29. The van der Waals surface area contributed by atoms with E-state index in [-0.39, 0.29) is 11.4 Å². The van der Waals surface area contributed by atoms with Crippen LogP contribution in [0.15, 0.2) is 6.07 Å². The molecule has 1 saturated heterocycles. The van der Waals surface area contributed by atoms with Crippen LogP contribution in [0.5, 0.6) is 0 Å². The number of rotatable bonds is 2. The first kappa shape index (κ1) is 14.6. The van der Waals surface area contributed by atoms with Gasteiger partial charge in [0.05, 0.1) is 11.6 Å². The zero-order chi connectivity index (χ0) is 15.2. The van der Waals surface area contributed by atoms with E-state index in [9.17, 15) is 9.90 Å². The summed E-state index contributed by atoms with van der Waals surface area (Å²) >= 11 is 0. The number of carbonyl (C=O) groups excluding carboxylic acids is 1. The van der Waals surface area contributed by atoms with Crippen molar-refractivity contribution < 1.29 is 9.90 Å². The minimum Gasteiger partial charge on any atom is -0.391 e. The zero-order valence-electron chi connectivity index (χ0n) is 13.2. The number of hydrogen-bond acceptors (Lipinski definition) is 3. The van der Waals surface area contributed by atoms with Gasteiger partial charge in [-0.25, -0.2) is 0 Å². The molecule has 5 nitrogen and oxygen atoms in total. The number of aliphatic hydroxyl groups excluding tert-OH is 1. The predicted octanol–water partition coefficient (Wildman–Crippen LogP) is 2.11. The average Bonchev–Trinajstić information content (AvgIpc) is 3.15. The molecule has 0 radical (unpaired) electrons. The molecule has 2 aliphatic rings. The Morgan fingerprint density at radius 3 is 2.62 bits per heavy atom. The third kappa shape index (κ3) is 2.98. The second-order valence-corrected chi connectivity index (χ2v) is 7.36. The van der Waals surface area contributed by atoms with Crippen LogP contribution in [0.4, 0.5) is 0 Å². The van der Waals surface area contributed by atoms with Crippen molar-refractivity contribution in [2.75, 3.05) is 13.1 Å². The molecule has 0 spiro atoms. The molecule has 1 amide bonds. The van der Waals surface area contributed by atoms with Gasteiger partial charge >= 0.3 is 0 Å². The fraction of sp³-hybridized carbons (Fsp3) is 0.750. The summed E-state index contributed by atoms with van der Waals surface area (Å²) in [7, 11) is 0. The molecule has 1 N–H and O–H groups in total. The van der Waals surface area contributed by atoms with Crippen LogP contribution in [0.2, 0.25) is 0 Å². The Hall–Kier alpha value is -1.36. The number of piperidine rings is 1. The molecule has 1 atom stereocenters. The van der Waals surface area contributed by atoms with Crippen molar-refractivity contribution in [3.05, 3.63) is 17.5 Å². The number of amides is 1. The predicted molar refractivity (Wildman–Crippen MR) is 80.3 cm³/mol. The van der Waals surface area contributed by atoms with E-state index < -0.39 is 6.10 Å². The van der Waals surface area contributed by atoms with Gasteiger partial charge in [0.2, 0.25) is 0 Å². The molecule has 2 heterocycles. The number of hydrogen-bond donors (Lipinski definition) is 1. The summed E-state index contributed by atoms with van der Waals surface area (Å²) < 4.78 is 2.01. The lowest BCUT2D eigenvalue weighted by Crippen LogP contribution is -2.42. The lowest BCUT2D eigenvalue weighted by molar-refractivity contribution is 0.0467. The highest BCUT2D eigenvalue weighted by Gasteiger charge is 2.33. The Balaban J connectivity index is 1.86. The molecule has 5 heteroatoms. The lowest BCUT2D eigenvalue weighted by atomic mass is 10.1. The minimum atomic E-state index is -0.393. The zero-order valence-corrected chi connectivity index (χ0v) is 13.2. The Morgan fingerprint density at radius 1 is 1.33 bits per heavy atom. The molecule has 1 aliphatic carbocycles. The molecule has 1 aromatic heterocycles. The molecular weight excluding hydrogens is 266 g/mol.